The molecule has 0 saturated heterocycles. The standard InChI is InChI=1S/C13H16N4OS/c1-9-17-11(8-19-9)4-6-16-13(18)12-7-10(14-2)3-5-15-12/h3,5,7-8H,4,6H2,1-2H3,(H,14,15)(H,16,18). The number of amides is 1. The second-order valence-electron chi connectivity index (χ2n) is 4.04. The number of aryl methyl sites for hydroxylation is 1. The van der Waals surface area contributed by atoms with Crippen molar-refractivity contribution in [3.8, 4) is 0 Å². The lowest BCUT2D eigenvalue weighted by Crippen LogP contribution is -2.26. The summed E-state index contributed by atoms with van der Waals surface area (Å²) >= 11 is 1.62. The van der Waals surface area contributed by atoms with Crippen molar-refractivity contribution in [2.45, 2.75) is 13.3 Å². The molecule has 0 aliphatic rings. The number of hydrogen-bond donors (Lipinski definition) is 2. The third kappa shape index (κ3) is 3.75. The molecule has 1 amide bonds. The number of hydrogen-bond acceptors (Lipinski definition) is 5. The Morgan fingerprint density at radius 3 is 3.00 bits per heavy atom. The number of aromatic nitrogens is 2. The van der Waals surface area contributed by atoms with Crippen LogP contribution in [0.1, 0.15) is 21.2 Å². The maximum atomic E-state index is 11.9. The van der Waals surface area contributed by atoms with Gasteiger partial charge >= 0.3 is 0 Å². The van der Waals surface area contributed by atoms with E-state index in [-0.39, 0.29) is 5.91 Å². The Balaban J connectivity index is 1.87. The third-order valence-electron chi connectivity index (χ3n) is 2.61. The molecule has 2 N–H and O–H groups in total. The van der Waals surface area contributed by atoms with E-state index in [0.717, 1.165) is 22.8 Å². The molecule has 0 saturated carbocycles. The molecule has 6 heteroatoms. The molecule has 2 aromatic rings. The summed E-state index contributed by atoms with van der Waals surface area (Å²) in [7, 11) is 1.81. The zero-order valence-electron chi connectivity index (χ0n) is 10.9. The fourth-order valence-corrected chi connectivity index (χ4v) is 2.28. The van der Waals surface area contributed by atoms with Crippen LogP contribution < -0.4 is 10.6 Å². The van der Waals surface area contributed by atoms with Gasteiger partial charge in [0.25, 0.3) is 5.91 Å². The highest BCUT2D eigenvalue weighted by atomic mass is 32.1. The number of carbonyl (C=O) groups is 1. The van der Waals surface area contributed by atoms with Gasteiger partial charge in [0.15, 0.2) is 0 Å². The zero-order chi connectivity index (χ0) is 13.7. The highest BCUT2D eigenvalue weighted by Gasteiger charge is 2.07. The van der Waals surface area contributed by atoms with Crippen molar-refractivity contribution in [1.29, 1.82) is 0 Å². The van der Waals surface area contributed by atoms with Crippen molar-refractivity contribution in [2.75, 3.05) is 18.9 Å². The predicted octanol–water partition coefficient (Wildman–Crippen LogP) is 1.86. The Kier molecular flexibility index (Phi) is 4.46. The first-order valence-corrected chi connectivity index (χ1v) is 6.90. The lowest BCUT2D eigenvalue weighted by atomic mass is 10.3. The van der Waals surface area contributed by atoms with Crippen molar-refractivity contribution in [2.24, 2.45) is 0 Å². The van der Waals surface area contributed by atoms with Crippen LogP contribution in [0.4, 0.5) is 5.69 Å². The van der Waals surface area contributed by atoms with E-state index in [9.17, 15) is 4.79 Å². The van der Waals surface area contributed by atoms with E-state index in [1.54, 1.807) is 23.6 Å². The number of thiazole rings is 1. The number of rotatable bonds is 5. The Morgan fingerprint density at radius 1 is 1.47 bits per heavy atom. The van der Waals surface area contributed by atoms with E-state index >= 15 is 0 Å². The molecule has 2 aromatic heterocycles. The van der Waals surface area contributed by atoms with Gasteiger partial charge in [-0.05, 0) is 19.1 Å². The summed E-state index contributed by atoms with van der Waals surface area (Å²) in [5.74, 6) is -0.163. The highest BCUT2D eigenvalue weighted by molar-refractivity contribution is 7.09. The summed E-state index contributed by atoms with van der Waals surface area (Å²) in [6, 6.07) is 3.54. The SMILES string of the molecule is CNc1ccnc(C(=O)NCCc2csc(C)n2)c1. The number of anilines is 1. The average molecular weight is 276 g/mol. The smallest absolute Gasteiger partial charge is 0.269 e. The lowest BCUT2D eigenvalue weighted by molar-refractivity contribution is 0.0949. The average Bonchev–Trinajstić information content (AvgIpc) is 2.84. The minimum atomic E-state index is -0.163. The summed E-state index contributed by atoms with van der Waals surface area (Å²) in [4.78, 5) is 20.3. The largest absolute Gasteiger partial charge is 0.388 e. The predicted molar refractivity (Wildman–Crippen MR) is 76.7 cm³/mol. The van der Waals surface area contributed by atoms with Crippen LogP contribution in [0.3, 0.4) is 0 Å². The van der Waals surface area contributed by atoms with Gasteiger partial charge in [0.05, 0.1) is 10.7 Å². The van der Waals surface area contributed by atoms with Crippen LogP contribution in [0.2, 0.25) is 0 Å². The third-order valence-corrected chi connectivity index (χ3v) is 3.44. The first-order chi connectivity index (χ1) is 9.19. The van der Waals surface area contributed by atoms with E-state index in [2.05, 4.69) is 20.6 Å². The lowest BCUT2D eigenvalue weighted by Gasteiger charge is -2.05. The van der Waals surface area contributed by atoms with E-state index in [1.165, 1.54) is 0 Å². The molecule has 5 nitrogen and oxygen atoms in total. The van der Waals surface area contributed by atoms with Crippen molar-refractivity contribution < 1.29 is 4.79 Å². The van der Waals surface area contributed by atoms with Gasteiger partial charge in [-0.3, -0.25) is 9.78 Å². The highest BCUT2D eigenvalue weighted by Crippen LogP contribution is 2.08. The molecule has 0 atom stereocenters. The molecule has 0 aliphatic carbocycles. The Hall–Kier alpha value is -1.95. The molecule has 19 heavy (non-hydrogen) atoms. The molecular weight excluding hydrogens is 260 g/mol. The van der Waals surface area contributed by atoms with Gasteiger partial charge in [0, 0.05) is 37.3 Å². The van der Waals surface area contributed by atoms with Gasteiger partial charge in [0.1, 0.15) is 5.69 Å². The van der Waals surface area contributed by atoms with Crippen LogP contribution in [0, 0.1) is 6.92 Å². The Morgan fingerprint density at radius 2 is 2.32 bits per heavy atom. The Bertz CT molecular complexity index is 567. The van der Waals surface area contributed by atoms with Crippen molar-refractivity contribution >= 4 is 22.9 Å². The summed E-state index contributed by atoms with van der Waals surface area (Å²) in [6.45, 7) is 2.54. The maximum Gasteiger partial charge on any atom is 0.269 e. The van der Waals surface area contributed by atoms with E-state index in [4.69, 9.17) is 0 Å². The zero-order valence-corrected chi connectivity index (χ0v) is 11.8. The number of nitrogens with zero attached hydrogens (tertiary/aromatic N) is 2. The molecule has 0 bridgehead atoms. The topological polar surface area (TPSA) is 66.9 Å². The van der Waals surface area contributed by atoms with E-state index < -0.39 is 0 Å². The van der Waals surface area contributed by atoms with Gasteiger partial charge in [-0.1, -0.05) is 0 Å². The molecule has 2 rings (SSSR count). The van der Waals surface area contributed by atoms with Gasteiger partial charge < -0.3 is 10.6 Å². The summed E-state index contributed by atoms with van der Waals surface area (Å²) in [6.07, 6.45) is 2.35. The molecule has 0 aliphatic heterocycles. The van der Waals surface area contributed by atoms with Gasteiger partial charge in [-0.2, -0.15) is 0 Å². The normalized spacial score (nSPS) is 10.2. The fraction of sp³-hybridized carbons (Fsp3) is 0.308. The van der Waals surface area contributed by atoms with Crippen LogP contribution in [0.5, 0.6) is 0 Å². The number of carbonyl (C=O) groups excluding carboxylic acids is 1. The Labute approximate surface area is 116 Å². The van der Waals surface area contributed by atoms with Crippen LogP contribution in [-0.2, 0) is 6.42 Å². The molecule has 0 radical (unpaired) electrons. The van der Waals surface area contributed by atoms with Crippen LogP contribution in [-0.4, -0.2) is 29.5 Å². The maximum absolute atomic E-state index is 11.9. The molecule has 0 spiro atoms. The summed E-state index contributed by atoms with van der Waals surface area (Å²) in [5, 5.41) is 8.88. The van der Waals surface area contributed by atoms with Gasteiger partial charge in [0.2, 0.25) is 0 Å². The van der Waals surface area contributed by atoms with Crippen molar-refractivity contribution in [3.63, 3.8) is 0 Å². The van der Waals surface area contributed by atoms with Crippen LogP contribution in [0.15, 0.2) is 23.7 Å². The van der Waals surface area contributed by atoms with Crippen molar-refractivity contribution in [1.82, 2.24) is 15.3 Å². The second kappa shape index (κ2) is 6.29. The first-order valence-electron chi connectivity index (χ1n) is 6.02. The second-order valence-corrected chi connectivity index (χ2v) is 5.11. The van der Waals surface area contributed by atoms with E-state index in [0.29, 0.717) is 12.2 Å². The molecule has 2 heterocycles. The molecule has 0 unspecified atom stereocenters. The monoisotopic (exact) mass is 276 g/mol. The minimum Gasteiger partial charge on any atom is -0.388 e. The van der Waals surface area contributed by atoms with Crippen LogP contribution >= 0.6 is 11.3 Å². The quantitative estimate of drug-likeness (QED) is 0.874. The fourth-order valence-electron chi connectivity index (χ4n) is 1.63. The molecular formula is C13H16N4OS. The van der Waals surface area contributed by atoms with E-state index in [1.807, 2.05) is 25.4 Å². The van der Waals surface area contributed by atoms with Gasteiger partial charge in [-0.25, -0.2) is 4.98 Å². The number of pyridine rings is 1. The number of nitrogens with one attached hydrogen (secondary N) is 2. The summed E-state index contributed by atoms with van der Waals surface area (Å²) in [5.41, 5.74) is 2.30. The minimum absolute atomic E-state index is 0.163. The molecule has 100 valence electrons. The first kappa shape index (κ1) is 13.5. The van der Waals surface area contributed by atoms with Crippen molar-refractivity contribution in [3.05, 3.63) is 40.1 Å². The van der Waals surface area contributed by atoms with Crippen LogP contribution in [0.25, 0.3) is 0 Å². The van der Waals surface area contributed by atoms with Gasteiger partial charge in [-0.15, -0.1) is 11.3 Å². The molecule has 0 fully saturated rings. The summed E-state index contributed by atoms with van der Waals surface area (Å²) < 4.78 is 0. The molecule has 0 aromatic carbocycles.